The maximum absolute atomic E-state index is 12.2. The molecular weight excluding hydrogens is 358 g/mol. The molecule has 0 radical (unpaired) electrons. The summed E-state index contributed by atoms with van der Waals surface area (Å²) in [6, 6.07) is 13.8. The largest absolute Gasteiger partial charge is 0.398 e. The fraction of sp³-hybridized carbons (Fsp3) is 0.318. The zero-order valence-electron chi connectivity index (χ0n) is 16.0. The third-order valence-electron chi connectivity index (χ3n) is 4.66. The van der Waals surface area contributed by atoms with Gasteiger partial charge >= 0.3 is 0 Å². The highest BCUT2D eigenvalue weighted by molar-refractivity contribution is 6.30. The van der Waals surface area contributed by atoms with Crippen LogP contribution >= 0.6 is 11.6 Å². The first-order valence-corrected chi connectivity index (χ1v) is 9.45. The van der Waals surface area contributed by atoms with Gasteiger partial charge in [-0.25, -0.2) is 0 Å². The molecule has 0 saturated carbocycles. The van der Waals surface area contributed by atoms with Crippen LogP contribution < -0.4 is 11.1 Å². The number of anilines is 1. The van der Waals surface area contributed by atoms with Gasteiger partial charge in [-0.2, -0.15) is 0 Å². The van der Waals surface area contributed by atoms with Crippen LogP contribution in [0.2, 0.25) is 5.02 Å². The molecule has 0 spiro atoms. The molecule has 0 heterocycles. The maximum atomic E-state index is 12.2. The number of nitrogens with two attached hydrogens (primary N) is 1. The van der Waals surface area contributed by atoms with Gasteiger partial charge in [0.25, 0.3) is 0 Å². The minimum absolute atomic E-state index is 0.0564. The number of aryl methyl sites for hydroxylation is 1. The Morgan fingerprint density at radius 3 is 2.52 bits per heavy atom. The van der Waals surface area contributed by atoms with Gasteiger partial charge in [0.05, 0.1) is 0 Å². The second-order valence-electron chi connectivity index (χ2n) is 6.92. The molecule has 0 bridgehead atoms. The lowest BCUT2D eigenvalue weighted by molar-refractivity contribution is -0.121. The maximum Gasteiger partial charge on any atom is 0.220 e. The Hall–Kier alpha value is -2.30. The number of hydrogen-bond donors (Lipinski definition) is 2. The average molecular weight is 386 g/mol. The fourth-order valence-corrected chi connectivity index (χ4v) is 2.99. The monoisotopic (exact) mass is 385 g/mol. The Labute approximate surface area is 167 Å². The van der Waals surface area contributed by atoms with Crippen LogP contribution in [0.1, 0.15) is 23.1 Å². The van der Waals surface area contributed by atoms with E-state index in [4.69, 9.17) is 17.3 Å². The Morgan fingerprint density at radius 2 is 1.89 bits per heavy atom. The second-order valence-corrected chi connectivity index (χ2v) is 7.36. The lowest BCUT2D eigenvalue weighted by atomic mass is 10.0. The van der Waals surface area contributed by atoms with Crippen LogP contribution in [0.15, 0.2) is 49.0 Å². The van der Waals surface area contributed by atoms with Crippen LogP contribution in [-0.2, 0) is 17.6 Å². The average Bonchev–Trinajstić information content (AvgIpc) is 2.65. The minimum atomic E-state index is 0.0564. The van der Waals surface area contributed by atoms with Gasteiger partial charge in [-0.1, -0.05) is 42.5 Å². The molecule has 2 rings (SSSR count). The third-order valence-corrected chi connectivity index (χ3v) is 4.91. The summed E-state index contributed by atoms with van der Waals surface area (Å²) in [7, 11) is 4.05. The number of nitrogens with one attached hydrogen (secondary N) is 1. The number of rotatable bonds is 9. The summed E-state index contributed by atoms with van der Waals surface area (Å²) in [5, 5.41) is 3.76. The zero-order valence-corrected chi connectivity index (χ0v) is 16.8. The Kier molecular flexibility index (Phi) is 7.89. The van der Waals surface area contributed by atoms with Crippen molar-refractivity contribution in [1.29, 1.82) is 0 Å². The number of halogens is 1. The predicted octanol–water partition coefficient (Wildman–Crippen LogP) is 3.79. The van der Waals surface area contributed by atoms with E-state index in [0.29, 0.717) is 24.4 Å². The molecule has 0 aliphatic carbocycles. The highest BCUT2D eigenvalue weighted by Gasteiger charge is 2.14. The molecule has 5 heteroatoms. The van der Waals surface area contributed by atoms with Crippen molar-refractivity contribution in [3.63, 3.8) is 0 Å². The van der Waals surface area contributed by atoms with Gasteiger partial charge in [0, 0.05) is 29.7 Å². The molecule has 2 aromatic rings. The van der Waals surface area contributed by atoms with E-state index in [1.807, 2.05) is 50.5 Å². The van der Waals surface area contributed by atoms with Gasteiger partial charge in [0.1, 0.15) is 0 Å². The van der Waals surface area contributed by atoms with E-state index in [1.54, 1.807) is 6.08 Å². The first-order valence-electron chi connectivity index (χ1n) is 9.07. The van der Waals surface area contributed by atoms with Gasteiger partial charge in [0.15, 0.2) is 0 Å². The van der Waals surface area contributed by atoms with Crippen LogP contribution in [0.5, 0.6) is 0 Å². The normalized spacial score (nSPS) is 12.0. The number of carbonyl (C=O) groups excluding carboxylic acids is 1. The topological polar surface area (TPSA) is 58.4 Å². The van der Waals surface area contributed by atoms with E-state index < -0.39 is 0 Å². The molecule has 1 atom stereocenters. The van der Waals surface area contributed by atoms with Crippen LogP contribution in [0, 0.1) is 0 Å². The molecular formula is C22H28ClN3O. The van der Waals surface area contributed by atoms with Crippen molar-refractivity contribution in [2.24, 2.45) is 0 Å². The van der Waals surface area contributed by atoms with E-state index in [-0.39, 0.29) is 11.9 Å². The molecule has 0 fully saturated rings. The standard InChI is InChI=1S/C22H28ClN3O/c1-4-18-13-17(7-11-21(18)24)14-20(26(2)3)15-25-22(27)12-8-16-5-9-19(23)10-6-16/h4-7,9-11,13,20H,1,8,12,14-15,24H2,2-3H3,(H,25,27). The smallest absolute Gasteiger partial charge is 0.220 e. The quantitative estimate of drug-likeness (QED) is 0.645. The fourth-order valence-electron chi connectivity index (χ4n) is 2.87. The number of likely N-dealkylation sites (N-methyl/N-ethyl adjacent to an activating group) is 1. The van der Waals surface area contributed by atoms with E-state index in [1.165, 1.54) is 5.56 Å². The number of carbonyl (C=O) groups is 1. The Bertz CT molecular complexity index is 772. The number of amides is 1. The number of benzene rings is 2. The lowest BCUT2D eigenvalue weighted by Gasteiger charge is -2.25. The van der Waals surface area contributed by atoms with Crippen molar-refractivity contribution in [1.82, 2.24) is 10.2 Å². The summed E-state index contributed by atoms with van der Waals surface area (Å²) in [6.45, 7) is 4.40. The van der Waals surface area contributed by atoms with Crippen LogP contribution in [0.4, 0.5) is 5.69 Å². The highest BCUT2D eigenvalue weighted by atomic mass is 35.5. The van der Waals surface area contributed by atoms with Crippen molar-refractivity contribution in [2.45, 2.75) is 25.3 Å². The van der Waals surface area contributed by atoms with E-state index >= 15 is 0 Å². The SMILES string of the molecule is C=Cc1cc(CC(CNC(=O)CCc2ccc(Cl)cc2)N(C)C)ccc1N. The van der Waals surface area contributed by atoms with Gasteiger partial charge < -0.3 is 16.0 Å². The third kappa shape index (κ3) is 6.74. The summed E-state index contributed by atoms with van der Waals surface area (Å²) in [5.74, 6) is 0.0564. The second kappa shape index (κ2) is 10.1. The van der Waals surface area contributed by atoms with Gasteiger partial charge in [0.2, 0.25) is 5.91 Å². The molecule has 4 nitrogen and oxygen atoms in total. The lowest BCUT2D eigenvalue weighted by Crippen LogP contribution is -2.41. The molecule has 1 amide bonds. The van der Waals surface area contributed by atoms with Crippen molar-refractivity contribution >= 4 is 29.3 Å². The van der Waals surface area contributed by atoms with Crippen LogP contribution in [-0.4, -0.2) is 37.5 Å². The van der Waals surface area contributed by atoms with Gasteiger partial charge in [-0.15, -0.1) is 0 Å². The molecule has 3 N–H and O–H groups in total. The highest BCUT2D eigenvalue weighted by Crippen LogP contribution is 2.17. The summed E-state index contributed by atoms with van der Waals surface area (Å²) in [4.78, 5) is 14.4. The predicted molar refractivity (Wildman–Crippen MR) is 115 cm³/mol. The molecule has 0 aromatic heterocycles. The van der Waals surface area contributed by atoms with Gasteiger partial charge in [-0.3, -0.25) is 4.79 Å². The van der Waals surface area contributed by atoms with E-state index in [0.717, 1.165) is 23.2 Å². The number of nitrogens with zero attached hydrogens (tertiary/aromatic N) is 1. The van der Waals surface area contributed by atoms with Crippen molar-refractivity contribution in [2.75, 3.05) is 26.4 Å². The molecule has 144 valence electrons. The van der Waals surface area contributed by atoms with Crippen molar-refractivity contribution < 1.29 is 4.79 Å². The Morgan fingerprint density at radius 1 is 1.22 bits per heavy atom. The zero-order chi connectivity index (χ0) is 19.8. The summed E-state index contributed by atoms with van der Waals surface area (Å²) in [6.07, 6.45) is 3.76. The van der Waals surface area contributed by atoms with Gasteiger partial charge in [-0.05, 0) is 67.9 Å². The summed E-state index contributed by atoms with van der Waals surface area (Å²) in [5.41, 5.74) is 9.88. The number of nitrogen functional groups attached to an aromatic ring is 1. The minimum Gasteiger partial charge on any atom is -0.398 e. The summed E-state index contributed by atoms with van der Waals surface area (Å²) >= 11 is 5.89. The molecule has 0 aliphatic rings. The molecule has 1 unspecified atom stereocenters. The van der Waals surface area contributed by atoms with E-state index in [2.05, 4.69) is 22.9 Å². The van der Waals surface area contributed by atoms with E-state index in [9.17, 15) is 4.79 Å². The molecule has 27 heavy (non-hydrogen) atoms. The summed E-state index contributed by atoms with van der Waals surface area (Å²) < 4.78 is 0. The first kappa shape index (κ1) is 21.0. The van der Waals surface area contributed by atoms with Crippen molar-refractivity contribution in [3.8, 4) is 0 Å². The Balaban J connectivity index is 1.87. The number of hydrogen-bond acceptors (Lipinski definition) is 3. The van der Waals surface area contributed by atoms with Crippen LogP contribution in [0.3, 0.4) is 0 Å². The molecule has 2 aromatic carbocycles. The molecule has 0 saturated heterocycles. The van der Waals surface area contributed by atoms with Crippen molar-refractivity contribution in [3.05, 3.63) is 70.8 Å². The van der Waals surface area contributed by atoms with Crippen LogP contribution in [0.25, 0.3) is 6.08 Å². The molecule has 0 aliphatic heterocycles. The first-order chi connectivity index (χ1) is 12.9.